The Labute approximate surface area is 95.6 Å². The second-order valence-corrected chi connectivity index (χ2v) is 5.55. The summed E-state index contributed by atoms with van der Waals surface area (Å²) in [5.74, 6) is 1.33. The van der Waals surface area contributed by atoms with Gasteiger partial charge in [0.25, 0.3) is 0 Å². The smallest absolute Gasteiger partial charge is 0.164 e. The molecule has 1 saturated carbocycles. The molecule has 0 aromatic carbocycles. The normalized spacial score (nSPS) is 17.0. The van der Waals surface area contributed by atoms with E-state index >= 15 is 0 Å². The summed E-state index contributed by atoms with van der Waals surface area (Å²) in [7, 11) is 0. The van der Waals surface area contributed by atoms with Crippen LogP contribution in [-0.4, -0.2) is 9.78 Å². The van der Waals surface area contributed by atoms with E-state index in [1.54, 1.807) is 6.20 Å². The number of aryl methyl sites for hydroxylation is 1. The maximum absolute atomic E-state index is 5.85. The van der Waals surface area contributed by atoms with Crippen molar-refractivity contribution in [3.63, 3.8) is 0 Å². The van der Waals surface area contributed by atoms with Crippen LogP contribution in [0.25, 0.3) is 0 Å². The molecule has 1 fully saturated rings. The van der Waals surface area contributed by atoms with E-state index in [9.17, 15) is 0 Å². The SMILES string of the molecule is CC(C)(CCn1cc(Cl)c(N)n1)C1CC1. The molecule has 0 unspecified atom stereocenters. The molecule has 1 aliphatic rings. The lowest BCUT2D eigenvalue weighted by Crippen LogP contribution is -2.17. The van der Waals surface area contributed by atoms with Gasteiger partial charge in [-0.05, 0) is 30.6 Å². The number of halogens is 1. The first-order valence-electron chi connectivity index (χ1n) is 5.47. The summed E-state index contributed by atoms with van der Waals surface area (Å²) in [6.07, 6.45) is 5.71. The van der Waals surface area contributed by atoms with Crippen LogP contribution in [0.4, 0.5) is 5.82 Å². The van der Waals surface area contributed by atoms with Crippen molar-refractivity contribution in [2.45, 2.75) is 39.7 Å². The molecule has 0 saturated heterocycles. The Morgan fingerprint density at radius 3 is 2.73 bits per heavy atom. The Morgan fingerprint density at radius 2 is 2.27 bits per heavy atom. The van der Waals surface area contributed by atoms with Crippen molar-refractivity contribution in [2.24, 2.45) is 11.3 Å². The fourth-order valence-electron chi connectivity index (χ4n) is 2.00. The first-order valence-corrected chi connectivity index (χ1v) is 5.85. The maximum atomic E-state index is 5.85. The number of anilines is 1. The van der Waals surface area contributed by atoms with E-state index in [1.165, 1.54) is 12.8 Å². The number of nitrogens with two attached hydrogens (primary N) is 1. The van der Waals surface area contributed by atoms with Gasteiger partial charge in [-0.3, -0.25) is 4.68 Å². The van der Waals surface area contributed by atoms with Crippen LogP contribution in [0.2, 0.25) is 5.02 Å². The average Bonchev–Trinajstić information content (AvgIpc) is 2.93. The third kappa shape index (κ3) is 2.46. The van der Waals surface area contributed by atoms with Gasteiger partial charge in [0, 0.05) is 12.7 Å². The van der Waals surface area contributed by atoms with E-state index in [4.69, 9.17) is 17.3 Å². The Hall–Kier alpha value is -0.700. The van der Waals surface area contributed by atoms with Gasteiger partial charge in [-0.1, -0.05) is 25.4 Å². The molecule has 1 aromatic heterocycles. The molecule has 0 amide bonds. The lowest BCUT2D eigenvalue weighted by atomic mass is 9.84. The van der Waals surface area contributed by atoms with Gasteiger partial charge < -0.3 is 5.73 Å². The van der Waals surface area contributed by atoms with E-state index in [0.717, 1.165) is 18.9 Å². The van der Waals surface area contributed by atoms with Crippen molar-refractivity contribution < 1.29 is 0 Å². The third-order valence-corrected chi connectivity index (χ3v) is 3.70. The highest BCUT2D eigenvalue weighted by molar-refractivity contribution is 6.32. The molecule has 0 aliphatic heterocycles. The fourth-order valence-corrected chi connectivity index (χ4v) is 2.15. The number of hydrogen-bond donors (Lipinski definition) is 1. The Bertz CT molecular complexity index is 333. The molecular formula is C11H18ClN3. The molecule has 84 valence electrons. The molecule has 2 rings (SSSR count). The van der Waals surface area contributed by atoms with Crippen molar-refractivity contribution >= 4 is 17.4 Å². The van der Waals surface area contributed by atoms with Crippen LogP contribution in [-0.2, 0) is 6.54 Å². The van der Waals surface area contributed by atoms with Gasteiger partial charge >= 0.3 is 0 Å². The van der Waals surface area contributed by atoms with Crippen LogP contribution < -0.4 is 5.73 Å². The highest BCUT2D eigenvalue weighted by Crippen LogP contribution is 2.47. The maximum Gasteiger partial charge on any atom is 0.164 e. The highest BCUT2D eigenvalue weighted by Gasteiger charge is 2.37. The van der Waals surface area contributed by atoms with E-state index in [2.05, 4.69) is 18.9 Å². The number of hydrogen-bond acceptors (Lipinski definition) is 2. The molecule has 2 N–H and O–H groups in total. The average molecular weight is 228 g/mol. The molecule has 0 bridgehead atoms. The summed E-state index contributed by atoms with van der Waals surface area (Å²) in [5, 5.41) is 4.71. The lowest BCUT2D eigenvalue weighted by molar-refractivity contribution is 0.262. The Morgan fingerprint density at radius 1 is 1.60 bits per heavy atom. The van der Waals surface area contributed by atoms with Gasteiger partial charge in [-0.25, -0.2) is 0 Å². The lowest BCUT2D eigenvalue weighted by Gasteiger charge is -2.23. The number of nitrogen functional groups attached to an aromatic ring is 1. The van der Waals surface area contributed by atoms with Crippen LogP contribution in [0, 0.1) is 11.3 Å². The van der Waals surface area contributed by atoms with E-state index in [0.29, 0.717) is 16.3 Å². The Kier molecular flexibility index (Phi) is 2.67. The monoisotopic (exact) mass is 227 g/mol. The van der Waals surface area contributed by atoms with Crippen LogP contribution in [0.3, 0.4) is 0 Å². The first-order chi connectivity index (χ1) is 6.99. The topological polar surface area (TPSA) is 43.8 Å². The van der Waals surface area contributed by atoms with Crippen molar-refractivity contribution in [1.82, 2.24) is 9.78 Å². The molecule has 1 heterocycles. The Balaban J connectivity index is 1.92. The molecular weight excluding hydrogens is 210 g/mol. The molecule has 1 aromatic rings. The standard InChI is InChI=1S/C11H18ClN3/c1-11(2,8-3-4-8)5-6-15-7-9(12)10(13)14-15/h7-8H,3-6H2,1-2H3,(H2,13,14). The van der Waals surface area contributed by atoms with Crippen molar-refractivity contribution in [3.8, 4) is 0 Å². The molecule has 4 heteroatoms. The molecule has 0 radical (unpaired) electrons. The zero-order valence-electron chi connectivity index (χ0n) is 9.33. The van der Waals surface area contributed by atoms with Crippen molar-refractivity contribution in [1.29, 1.82) is 0 Å². The van der Waals surface area contributed by atoms with Gasteiger partial charge in [-0.15, -0.1) is 0 Å². The third-order valence-electron chi connectivity index (χ3n) is 3.41. The molecule has 3 nitrogen and oxygen atoms in total. The first kappa shape index (κ1) is 10.8. The van der Waals surface area contributed by atoms with Crippen LogP contribution >= 0.6 is 11.6 Å². The van der Waals surface area contributed by atoms with Gasteiger partial charge in [-0.2, -0.15) is 5.10 Å². The second-order valence-electron chi connectivity index (χ2n) is 5.14. The number of nitrogens with zero attached hydrogens (tertiary/aromatic N) is 2. The molecule has 1 aliphatic carbocycles. The van der Waals surface area contributed by atoms with Crippen LogP contribution in [0.1, 0.15) is 33.1 Å². The summed E-state index contributed by atoms with van der Waals surface area (Å²) in [4.78, 5) is 0. The number of aromatic nitrogens is 2. The minimum atomic E-state index is 0.424. The zero-order valence-corrected chi connectivity index (χ0v) is 10.1. The minimum Gasteiger partial charge on any atom is -0.381 e. The summed E-state index contributed by atoms with van der Waals surface area (Å²) >= 11 is 5.85. The predicted octanol–water partition coefficient (Wildman–Crippen LogP) is 2.95. The van der Waals surface area contributed by atoms with E-state index in [1.807, 2.05) is 4.68 Å². The summed E-state index contributed by atoms with van der Waals surface area (Å²) in [6, 6.07) is 0. The van der Waals surface area contributed by atoms with Gasteiger partial charge in [0.1, 0.15) is 5.02 Å². The van der Waals surface area contributed by atoms with Gasteiger partial charge in [0.15, 0.2) is 5.82 Å². The highest BCUT2D eigenvalue weighted by atomic mass is 35.5. The molecule has 0 atom stereocenters. The minimum absolute atomic E-state index is 0.424. The zero-order chi connectivity index (χ0) is 11.1. The number of rotatable bonds is 4. The van der Waals surface area contributed by atoms with E-state index < -0.39 is 0 Å². The van der Waals surface area contributed by atoms with Crippen LogP contribution in [0.15, 0.2) is 6.20 Å². The largest absolute Gasteiger partial charge is 0.381 e. The van der Waals surface area contributed by atoms with E-state index in [-0.39, 0.29) is 0 Å². The quantitative estimate of drug-likeness (QED) is 0.860. The fraction of sp³-hybridized carbons (Fsp3) is 0.727. The second kappa shape index (κ2) is 3.71. The van der Waals surface area contributed by atoms with Crippen molar-refractivity contribution in [3.05, 3.63) is 11.2 Å². The van der Waals surface area contributed by atoms with Crippen LogP contribution in [0.5, 0.6) is 0 Å². The predicted molar refractivity (Wildman–Crippen MR) is 62.8 cm³/mol. The summed E-state index contributed by atoms with van der Waals surface area (Å²) in [6.45, 7) is 5.57. The van der Waals surface area contributed by atoms with Crippen molar-refractivity contribution in [2.75, 3.05) is 5.73 Å². The van der Waals surface area contributed by atoms with Gasteiger partial charge in [0.2, 0.25) is 0 Å². The summed E-state index contributed by atoms with van der Waals surface area (Å²) in [5.41, 5.74) is 6.01. The van der Waals surface area contributed by atoms with Gasteiger partial charge in [0.05, 0.1) is 0 Å². The molecule has 15 heavy (non-hydrogen) atoms. The summed E-state index contributed by atoms with van der Waals surface area (Å²) < 4.78 is 1.85. The molecule has 0 spiro atoms.